The van der Waals surface area contributed by atoms with Crippen LogP contribution in [0.4, 0.5) is 0 Å². The zero-order valence-corrected chi connectivity index (χ0v) is 11.2. The molecule has 1 fully saturated rings. The van der Waals surface area contributed by atoms with E-state index in [0.717, 1.165) is 25.0 Å². The van der Waals surface area contributed by atoms with Crippen molar-refractivity contribution in [3.05, 3.63) is 34.9 Å². The van der Waals surface area contributed by atoms with E-state index in [1.807, 2.05) is 0 Å². The number of nitrogens with zero attached hydrogens (tertiary/aromatic N) is 2. The van der Waals surface area contributed by atoms with Crippen molar-refractivity contribution in [3.63, 3.8) is 0 Å². The first-order valence-corrected chi connectivity index (χ1v) is 6.79. The maximum atomic E-state index is 6.05. The van der Waals surface area contributed by atoms with Gasteiger partial charge in [-0.3, -0.25) is 4.99 Å². The van der Waals surface area contributed by atoms with Crippen molar-refractivity contribution in [2.24, 2.45) is 16.6 Å². The number of hydrogen-bond acceptors (Lipinski definition) is 3. The van der Waals surface area contributed by atoms with Gasteiger partial charge in [-0.05, 0) is 43.7 Å². The number of benzene rings is 1. The Morgan fingerprint density at radius 3 is 2.83 bits per heavy atom. The highest BCUT2D eigenvalue weighted by Crippen LogP contribution is 2.35. The van der Waals surface area contributed by atoms with Crippen molar-refractivity contribution < 1.29 is 0 Å². The second-order valence-corrected chi connectivity index (χ2v) is 5.67. The summed E-state index contributed by atoms with van der Waals surface area (Å²) in [6.45, 7) is 6.21. The molecule has 1 aromatic carbocycles. The molecule has 1 aromatic rings. The van der Waals surface area contributed by atoms with Crippen LogP contribution in [0.5, 0.6) is 0 Å². The lowest BCUT2D eigenvalue weighted by Crippen LogP contribution is -2.37. The minimum atomic E-state index is 0.352. The molecule has 3 nitrogen and oxygen atoms in total. The third-order valence-corrected chi connectivity index (χ3v) is 4.04. The van der Waals surface area contributed by atoms with Crippen molar-refractivity contribution in [3.8, 4) is 0 Å². The van der Waals surface area contributed by atoms with E-state index >= 15 is 0 Å². The normalized spacial score (nSPS) is 23.3. The summed E-state index contributed by atoms with van der Waals surface area (Å²) in [7, 11) is 0. The average molecular weight is 243 g/mol. The van der Waals surface area contributed by atoms with Crippen LogP contribution >= 0.6 is 0 Å². The third-order valence-electron chi connectivity index (χ3n) is 4.04. The molecule has 1 aliphatic carbocycles. The Bertz CT molecular complexity index is 489. The number of aryl methyl sites for hydroxylation is 2. The van der Waals surface area contributed by atoms with Crippen molar-refractivity contribution in [1.82, 2.24) is 4.90 Å². The summed E-state index contributed by atoms with van der Waals surface area (Å²) in [6.07, 6.45) is 2.70. The third kappa shape index (κ3) is 2.09. The van der Waals surface area contributed by atoms with Crippen LogP contribution < -0.4 is 5.73 Å². The maximum Gasteiger partial charge on any atom is 0.191 e. The second kappa shape index (κ2) is 4.30. The van der Waals surface area contributed by atoms with Crippen molar-refractivity contribution >= 4 is 5.96 Å². The van der Waals surface area contributed by atoms with Crippen LogP contribution in [0.2, 0.25) is 0 Å². The minimum Gasteiger partial charge on any atom is -0.370 e. The number of nitrogens with two attached hydrogens (primary N) is 1. The fourth-order valence-corrected chi connectivity index (χ4v) is 2.71. The number of aliphatic imine (C=N–C) groups is 1. The molecule has 2 aliphatic rings. The van der Waals surface area contributed by atoms with Gasteiger partial charge in [0.2, 0.25) is 0 Å². The van der Waals surface area contributed by atoms with Gasteiger partial charge in [-0.1, -0.05) is 23.8 Å². The molecule has 0 saturated heterocycles. The minimum absolute atomic E-state index is 0.352. The quantitative estimate of drug-likeness (QED) is 0.885. The van der Waals surface area contributed by atoms with Gasteiger partial charge >= 0.3 is 0 Å². The summed E-state index contributed by atoms with van der Waals surface area (Å²) in [5, 5.41) is 0. The predicted octanol–water partition coefficient (Wildman–Crippen LogP) is 2.38. The van der Waals surface area contributed by atoms with Gasteiger partial charge in [0.05, 0.1) is 12.6 Å². The molecule has 1 unspecified atom stereocenters. The Labute approximate surface area is 109 Å². The van der Waals surface area contributed by atoms with Gasteiger partial charge < -0.3 is 10.6 Å². The monoisotopic (exact) mass is 243 g/mol. The van der Waals surface area contributed by atoms with Gasteiger partial charge in [0, 0.05) is 6.54 Å². The van der Waals surface area contributed by atoms with Crippen molar-refractivity contribution in [2.45, 2.75) is 32.7 Å². The molecule has 1 aliphatic heterocycles. The van der Waals surface area contributed by atoms with E-state index in [9.17, 15) is 0 Å². The SMILES string of the molecule is Cc1ccc(C)c(C2CN=C(N)N2CC2CC2)c1. The largest absolute Gasteiger partial charge is 0.370 e. The standard InChI is InChI=1S/C15H21N3/c1-10-3-4-11(2)13(7-10)14-8-17-15(16)18(14)9-12-5-6-12/h3-4,7,12,14H,5-6,8-9H2,1-2H3,(H2,16,17). The fourth-order valence-electron chi connectivity index (χ4n) is 2.71. The van der Waals surface area contributed by atoms with Crippen LogP contribution in [0, 0.1) is 19.8 Å². The highest BCUT2D eigenvalue weighted by Gasteiger charge is 2.33. The van der Waals surface area contributed by atoms with Gasteiger partial charge in [-0.2, -0.15) is 0 Å². The van der Waals surface area contributed by atoms with Crippen LogP contribution in [-0.4, -0.2) is 23.9 Å². The topological polar surface area (TPSA) is 41.6 Å². The Morgan fingerprint density at radius 2 is 2.11 bits per heavy atom. The summed E-state index contributed by atoms with van der Waals surface area (Å²) in [4.78, 5) is 6.75. The highest BCUT2D eigenvalue weighted by atomic mass is 15.3. The molecule has 18 heavy (non-hydrogen) atoms. The molecular weight excluding hydrogens is 222 g/mol. The number of hydrogen-bond donors (Lipinski definition) is 1. The fraction of sp³-hybridized carbons (Fsp3) is 0.533. The molecular formula is C15H21N3. The molecule has 0 radical (unpaired) electrons. The van der Waals surface area contributed by atoms with Crippen LogP contribution in [0.25, 0.3) is 0 Å². The summed E-state index contributed by atoms with van der Waals surface area (Å²) in [5.74, 6) is 1.57. The van der Waals surface area contributed by atoms with E-state index in [4.69, 9.17) is 5.73 Å². The zero-order valence-electron chi connectivity index (χ0n) is 11.2. The molecule has 3 heteroatoms. The van der Waals surface area contributed by atoms with Crippen LogP contribution in [0.15, 0.2) is 23.2 Å². The highest BCUT2D eigenvalue weighted by molar-refractivity contribution is 5.80. The van der Waals surface area contributed by atoms with E-state index < -0.39 is 0 Å². The molecule has 0 spiro atoms. The molecule has 1 saturated carbocycles. The summed E-state index contributed by atoms with van der Waals surface area (Å²) >= 11 is 0. The molecule has 1 heterocycles. The Kier molecular flexibility index (Phi) is 2.77. The van der Waals surface area contributed by atoms with Crippen LogP contribution in [0.3, 0.4) is 0 Å². The lowest BCUT2D eigenvalue weighted by Gasteiger charge is -2.28. The lowest BCUT2D eigenvalue weighted by atomic mass is 9.98. The summed E-state index contributed by atoms with van der Waals surface area (Å²) in [6, 6.07) is 7.01. The Balaban J connectivity index is 1.88. The molecule has 0 aromatic heterocycles. The zero-order chi connectivity index (χ0) is 12.7. The van der Waals surface area contributed by atoms with Gasteiger partial charge in [0.25, 0.3) is 0 Å². The number of rotatable bonds is 3. The first kappa shape index (κ1) is 11.6. The molecule has 0 amide bonds. The molecule has 3 rings (SSSR count). The second-order valence-electron chi connectivity index (χ2n) is 5.67. The first-order valence-electron chi connectivity index (χ1n) is 6.79. The van der Waals surface area contributed by atoms with E-state index in [0.29, 0.717) is 6.04 Å². The Morgan fingerprint density at radius 1 is 1.33 bits per heavy atom. The lowest BCUT2D eigenvalue weighted by molar-refractivity contribution is 0.333. The van der Waals surface area contributed by atoms with E-state index in [-0.39, 0.29) is 0 Å². The molecule has 96 valence electrons. The summed E-state index contributed by atoms with van der Waals surface area (Å²) in [5.41, 5.74) is 10.1. The summed E-state index contributed by atoms with van der Waals surface area (Å²) < 4.78 is 0. The van der Waals surface area contributed by atoms with Crippen molar-refractivity contribution in [2.75, 3.05) is 13.1 Å². The maximum absolute atomic E-state index is 6.05. The van der Waals surface area contributed by atoms with Crippen LogP contribution in [0.1, 0.15) is 35.6 Å². The van der Waals surface area contributed by atoms with E-state index in [1.54, 1.807) is 0 Å². The van der Waals surface area contributed by atoms with Crippen LogP contribution in [-0.2, 0) is 0 Å². The Hall–Kier alpha value is -1.51. The van der Waals surface area contributed by atoms with Gasteiger partial charge in [-0.15, -0.1) is 0 Å². The smallest absolute Gasteiger partial charge is 0.191 e. The molecule has 2 N–H and O–H groups in total. The number of guanidine groups is 1. The molecule has 0 bridgehead atoms. The average Bonchev–Trinajstić information content (AvgIpc) is 3.09. The van der Waals surface area contributed by atoms with Gasteiger partial charge in [0.1, 0.15) is 0 Å². The van der Waals surface area contributed by atoms with E-state index in [2.05, 4.69) is 41.9 Å². The van der Waals surface area contributed by atoms with E-state index in [1.165, 1.54) is 29.5 Å². The van der Waals surface area contributed by atoms with Crippen molar-refractivity contribution in [1.29, 1.82) is 0 Å². The molecule has 1 atom stereocenters. The first-order chi connectivity index (χ1) is 8.65. The van der Waals surface area contributed by atoms with Gasteiger partial charge in [-0.25, -0.2) is 0 Å². The van der Waals surface area contributed by atoms with Gasteiger partial charge in [0.15, 0.2) is 5.96 Å². The predicted molar refractivity (Wildman–Crippen MR) is 74.6 cm³/mol.